The minimum Gasteiger partial charge on any atom is -0.373 e. The van der Waals surface area contributed by atoms with Crippen LogP contribution in [0.2, 0.25) is 0 Å². The maximum absolute atomic E-state index is 4.61. The highest BCUT2D eigenvalue weighted by atomic mass is 15.0. The molecule has 0 amide bonds. The maximum Gasteiger partial charge on any atom is 0.131 e. The van der Waals surface area contributed by atoms with Crippen LogP contribution < -0.4 is 5.32 Å². The highest BCUT2D eigenvalue weighted by Crippen LogP contribution is 2.26. The lowest BCUT2D eigenvalue weighted by Crippen LogP contribution is -2.10. The van der Waals surface area contributed by atoms with E-state index in [0.29, 0.717) is 0 Å². The van der Waals surface area contributed by atoms with Crippen molar-refractivity contribution in [2.24, 2.45) is 0 Å². The van der Waals surface area contributed by atoms with Gasteiger partial charge in [0.15, 0.2) is 0 Å². The highest BCUT2D eigenvalue weighted by molar-refractivity contribution is 5.63. The number of aromatic nitrogens is 2. The van der Waals surface area contributed by atoms with Crippen molar-refractivity contribution in [2.75, 3.05) is 12.4 Å². The number of aryl methyl sites for hydroxylation is 1. The van der Waals surface area contributed by atoms with Crippen molar-refractivity contribution in [3.63, 3.8) is 0 Å². The van der Waals surface area contributed by atoms with E-state index in [1.165, 1.54) is 5.56 Å². The van der Waals surface area contributed by atoms with Gasteiger partial charge in [-0.3, -0.25) is 0 Å². The summed E-state index contributed by atoms with van der Waals surface area (Å²) in [6, 6.07) is 10.6. The van der Waals surface area contributed by atoms with Crippen molar-refractivity contribution in [1.29, 1.82) is 0 Å². The van der Waals surface area contributed by atoms with Gasteiger partial charge in [0.25, 0.3) is 0 Å². The summed E-state index contributed by atoms with van der Waals surface area (Å²) in [5.41, 5.74) is 3.61. The van der Waals surface area contributed by atoms with Gasteiger partial charge in [-0.2, -0.15) is 0 Å². The van der Waals surface area contributed by atoms with Crippen molar-refractivity contribution in [3.8, 4) is 11.3 Å². The topological polar surface area (TPSA) is 37.8 Å². The van der Waals surface area contributed by atoms with E-state index < -0.39 is 0 Å². The molecular weight excluding hydrogens is 246 g/mol. The quantitative estimate of drug-likeness (QED) is 0.913. The Morgan fingerprint density at radius 3 is 2.20 bits per heavy atom. The van der Waals surface area contributed by atoms with Crippen LogP contribution in [-0.4, -0.2) is 17.0 Å². The van der Waals surface area contributed by atoms with Gasteiger partial charge in [0.05, 0.1) is 5.69 Å². The van der Waals surface area contributed by atoms with Crippen molar-refractivity contribution in [1.82, 2.24) is 9.97 Å². The van der Waals surface area contributed by atoms with E-state index in [1.807, 2.05) is 13.1 Å². The fraction of sp³-hybridized carbons (Fsp3) is 0.412. The molecule has 1 heterocycles. The van der Waals surface area contributed by atoms with Gasteiger partial charge in [0, 0.05) is 25.1 Å². The highest BCUT2D eigenvalue weighted by Gasteiger charge is 2.13. The lowest BCUT2D eigenvalue weighted by Gasteiger charge is -2.19. The summed E-state index contributed by atoms with van der Waals surface area (Å²) >= 11 is 0. The van der Waals surface area contributed by atoms with Crippen LogP contribution in [0.4, 0.5) is 5.82 Å². The Morgan fingerprint density at radius 2 is 1.70 bits per heavy atom. The molecule has 3 heteroatoms. The number of nitrogens with zero attached hydrogens (tertiary/aromatic N) is 2. The zero-order chi connectivity index (χ0) is 14.8. The number of benzene rings is 1. The molecule has 1 N–H and O–H groups in total. The van der Waals surface area contributed by atoms with Crippen LogP contribution in [0.5, 0.6) is 0 Å². The summed E-state index contributed by atoms with van der Waals surface area (Å²) in [6.07, 6.45) is 0.836. The van der Waals surface area contributed by atoms with Crippen molar-refractivity contribution in [2.45, 2.75) is 39.5 Å². The standard InChI is InChI=1S/C17H23N3/c1-6-15-19-14(11-16(18-5)20-15)12-7-9-13(10-8-12)17(2,3)4/h7-11H,6H2,1-5H3,(H,18,19,20). The van der Waals surface area contributed by atoms with Crippen molar-refractivity contribution >= 4 is 5.82 Å². The second-order valence-electron chi connectivity index (χ2n) is 5.99. The van der Waals surface area contributed by atoms with Gasteiger partial charge in [-0.15, -0.1) is 0 Å². The van der Waals surface area contributed by atoms with Gasteiger partial charge in [-0.1, -0.05) is 52.0 Å². The number of nitrogens with one attached hydrogen (secondary N) is 1. The predicted molar refractivity (Wildman–Crippen MR) is 85.1 cm³/mol. The molecule has 3 nitrogen and oxygen atoms in total. The average molecular weight is 269 g/mol. The molecule has 1 aromatic heterocycles. The SMILES string of the molecule is CCc1nc(NC)cc(-c2ccc(C(C)(C)C)cc2)n1. The molecule has 0 bridgehead atoms. The monoisotopic (exact) mass is 269 g/mol. The fourth-order valence-electron chi connectivity index (χ4n) is 2.07. The Morgan fingerprint density at radius 1 is 1.05 bits per heavy atom. The second kappa shape index (κ2) is 5.61. The zero-order valence-electron chi connectivity index (χ0n) is 13.0. The molecule has 0 aliphatic carbocycles. The average Bonchev–Trinajstić information content (AvgIpc) is 2.46. The molecule has 0 unspecified atom stereocenters. The van der Waals surface area contributed by atoms with E-state index in [2.05, 4.69) is 67.2 Å². The first-order valence-corrected chi connectivity index (χ1v) is 7.10. The Hall–Kier alpha value is -1.90. The number of rotatable bonds is 3. The summed E-state index contributed by atoms with van der Waals surface area (Å²) in [5.74, 6) is 1.73. The maximum atomic E-state index is 4.61. The third-order valence-corrected chi connectivity index (χ3v) is 3.39. The second-order valence-corrected chi connectivity index (χ2v) is 5.99. The van der Waals surface area contributed by atoms with E-state index in [1.54, 1.807) is 0 Å². The minimum atomic E-state index is 0.176. The first-order valence-electron chi connectivity index (χ1n) is 7.10. The number of anilines is 1. The molecule has 0 saturated carbocycles. The van der Waals surface area contributed by atoms with Crippen LogP contribution in [0.15, 0.2) is 30.3 Å². The summed E-state index contributed by atoms with van der Waals surface area (Å²) in [5, 5.41) is 3.10. The summed E-state index contributed by atoms with van der Waals surface area (Å²) in [6.45, 7) is 8.74. The normalized spacial score (nSPS) is 11.4. The number of hydrogen-bond donors (Lipinski definition) is 1. The first-order chi connectivity index (χ1) is 9.44. The van der Waals surface area contributed by atoms with Crippen LogP contribution in [0.1, 0.15) is 39.1 Å². The Labute approximate surface area is 121 Å². The Balaban J connectivity index is 2.41. The third-order valence-electron chi connectivity index (χ3n) is 3.39. The molecule has 0 fully saturated rings. The van der Waals surface area contributed by atoms with Crippen LogP contribution in [0, 0.1) is 0 Å². The van der Waals surface area contributed by atoms with Crippen molar-refractivity contribution in [3.05, 3.63) is 41.7 Å². The number of hydrogen-bond acceptors (Lipinski definition) is 3. The molecule has 0 atom stereocenters. The predicted octanol–water partition coefficient (Wildman–Crippen LogP) is 4.05. The smallest absolute Gasteiger partial charge is 0.131 e. The molecule has 20 heavy (non-hydrogen) atoms. The first kappa shape index (κ1) is 14.5. The molecule has 0 aliphatic rings. The zero-order valence-corrected chi connectivity index (χ0v) is 13.0. The van der Waals surface area contributed by atoms with Gasteiger partial charge in [-0.25, -0.2) is 9.97 Å². The Kier molecular flexibility index (Phi) is 4.07. The summed E-state index contributed by atoms with van der Waals surface area (Å²) in [4.78, 5) is 9.04. The molecule has 2 aromatic rings. The molecule has 1 aromatic carbocycles. The molecule has 0 aliphatic heterocycles. The van der Waals surface area contributed by atoms with E-state index in [9.17, 15) is 0 Å². The van der Waals surface area contributed by atoms with Gasteiger partial charge < -0.3 is 5.32 Å². The van der Waals surface area contributed by atoms with Crippen molar-refractivity contribution < 1.29 is 0 Å². The van der Waals surface area contributed by atoms with Gasteiger partial charge in [0.1, 0.15) is 11.6 Å². The molecule has 0 radical (unpaired) electrons. The minimum absolute atomic E-state index is 0.176. The summed E-state index contributed by atoms with van der Waals surface area (Å²) in [7, 11) is 1.88. The molecule has 0 spiro atoms. The molecule has 106 valence electrons. The van der Waals surface area contributed by atoms with Crippen LogP contribution >= 0.6 is 0 Å². The van der Waals surface area contributed by atoms with E-state index in [0.717, 1.165) is 29.3 Å². The largest absolute Gasteiger partial charge is 0.373 e. The van der Waals surface area contributed by atoms with Crippen LogP contribution in [0.3, 0.4) is 0 Å². The molecular formula is C17H23N3. The van der Waals surface area contributed by atoms with E-state index in [-0.39, 0.29) is 5.41 Å². The van der Waals surface area contributed by atoms with Gasteiger partial charge in [0.2, 0.25) is 0 Å². The van der Waals surface area contributed by atoms with Gasteiger partial charge in [-0.05, 0) is 11.0 Å². The van der Waals surface area contributed by atoms with Gasteiger partial charge >= 0.3 is 0 Å². The third kappa shape index (κ3) is 3.16. The van der Waals surface area contributed by atoms with E-state index in [4.69, 9.17) is 0 Å². The molecule has 0 saturated heterocycles. The Bertz CT molecular complexity index is 558. The lowest BCUT2D eigenvalue weighted by atomic mass is 9.86. The van der Waals surface area contributed by atoms with Crippen LogP contribution in [-0.2, 0) is 11.8 Å². The van der Waals surface area contributed by atoms with Crippen LogP contribution in [0.25, 0.3) is 11.3 Å². The lowest BCUT2D eigenvalue weighted by molar-refractivity contribution is 0.590. The fourth-order valence-corrected chi connectivity index (χ4v) is 2.07. The molecule has 2 rings (SSSR count). The van der Waals surface area contributed by atoms with E-state index >= 15 is 0 Å². The summed E-state index contributed by atoms with van der Waals surface area (Å²) < 4.78 is 0.